The monoisotopic (exact) mass is 263 g/mol. The maximum atomic E-state index is 11.8. The highest BCUT2D eigenvalue weighted by Gasteiger charge is 2.12. The van der Waals surface area contributed by atoms with Crippen LogP contribution in [0.15, 0.2) is 41.2 Å². The molecule has 92 valence electrons. The van der Waals surface area contributed by atoms with Gasteiger partial charge in [0.1, 0.15) is 0 Å². The molecule has 1 heterocycles. The van der Waals surface area contributed by atoms with Crippen LogP contribution >= 0.6 is 11.6 Å². The van der Waals surface area contributed by atoms with Gasteiger partial charge in [0, 0.05) is 22.5 Å². The zero-order chi connectivity index (χ0) is 13.3. The summed E-state index contributed by atoms with van der Waals surface area (Å²) in [4.78, 5) is 22.9. The molecule has 0 saturated carbocycles. The zero-order valence-electron chi connectivity index (χ0n) is 9.55. The van der Waals surface area contributed by atoms with Crippen molar-refractivity contribution in [3.63, 3.8) is 0 Å². The molecule has 0 radical (unpaired) electrons. The maximum Gasteiger partial charge on any atom is 0.337 e. The fourth-order valence-corrected chi connectivity index (χ4v) is 1.90. The fourth-order valence-electron chi connectivity index (χ4n) is 1.77. The van der Waals surface area contributed by atoms with Gasteiger partial charge in [-0.3, -0.25) is 9.36 Å². The van der Waals surface area contributed by atoms with Crippen molar-refractivity contribution < 1.29 is 9.90 Å². The number of halogens is 1. The van der Waals surface area contributed by atoms with Crippen LogP contribution in [0.1, 0.15) is 16.1 Å². The lowest BCUT2D eigenvalue weighted by Crippen LogP contribution is -2.22. The fraction of sp³-hybridized carbons (Fsp3) is 0.0769. The average Bonchev–Trinajstić information content (AvgIpc) is 2.31. The van der Waals surface area contributed by atoms with Crippen LogP contribution in [0.4, 0.5) is 0 Å². The number of carbonyl (C=O) groups is 1. The molecule has 0 aliphatic carbocycles. The Balaban J connectivity index is 2.70. The van der Waals surface area contributed by atoms with Gasteiger partial charge in [-0.2, -0.15) is 0 Å². The second kappa shape index (κ2) is 4.66. The summed E-state index contributed by atoms with van der Waals surface area (Å²) in [5, 5.41) is 9.59. The highest BCUT2D eigenvalue weighted by Crippen LogP contribution is 2.15. The van der Waals surface area contributed by atoms with Crippen LogP contribution in [-0.2, 0) is 0 Å². The molecule has 1 aromatic carbocycles. The number of carboxylic acids is 1. The van der Waals surface area contributed by atoms with E-state index in [1.807, 2.05) is 0 Å². The molecule has 2 aromatic rings. The molecule has 0 atom stereocenters. The Labute approximate surface area is 108 Å². The number of aromatic carboxylic acids is 1. The first-order valence-corrected chi connectivity index (χ1v) is 5.60. The van der Waals surface area contributed by atoms with Crippen LogP contribution in [0.25, 0.3) is 5.69 Å². The van der Waals surface area contributed by atoms with E-state index in [-0.39, 0.29) is 11.1 Å². The largest absolute Gasteiger partial charge is 0.478 e. The molecule has 1 aromatic heterocycles. The molecule has 0 unspecified atom stereocenters. The van der Waals surface area contributed by atoms with E-state index in [1.165, 1.54) is 16.7 Å². The summed E-state index contributed by atoms with van der Waals surface area (Å²) in [6.45, 7) is 1.60. The number of pyridine rings is 1. The first-order chi connectivity index (χ1) is 8.50. The number of hydrogen-bond acceptors (Lipinski definition) is 2. The van der Waals surface area contributed by atoms with Crippen molar-refractivity contribution >= 4 is 17.6 Å². The van der Waals surface area contributed by atoms with Crippen LogP contribution in [0, 0.1) is 6.92 Å². The summed E-state index contributed by atoms with van der Waals surface area (Å²) < 4.78 is 1.35. The van der Waals surface area contributed by atoms with Gasteiger partial charge in [-0.05, 0) is 37.3 Å². The van der Waals surface area contributed by atoms with Gasteiger partial charge in [-0.1, -0.05) is 11.6 Å². The molecule has 2 rings (SSSR count). The predicted octanol–water partition coefficient (Wildman–Crippen LogP) is 2.50. The Kier molecular flexibility index (Phi) is 3.21. The van der Waals surface area contributed by atoms with Crippen molar-refractivity contribution in [2.45, 2.75) is 6.92 Å². The summed E-state index contributed by atoms with van der Waals surface area (Å²) >= 11 is 5.78. The van der Waals surface area contributed by atoms with Gasteiger partial charge in [0.2, 0.25) is 0 Å². The van der Waals surface area contributed by atoms with Gasteiger partial charge in [-0.25, -0.2) is 4.79 Å². The van der Waals surface area contributed by atoms with Crippen LogP contribution in [0.2, 0.25) is 5.02 Å². The SMILES string of the molecule is Cc1c(C(=O)O)ccc(=O)n1-c1ccc(Cl)cc1. The highest BCUT2D eigenvalue weighted by atomic mass is 35.5. The number of hydrogen-bond donors (Lipinski definition) is 1. The number of benzene rings is 1. The molecule has 4 nitrogen and oxygen atoms in total. The van der Waals surface area contributed by atoms with Crippen molar-refractivity contribution in [3.05, 3.63) is 63.0 Å². The second-order valence-corrected chi connectivity index (χ2v) is 4.22. The van der Waals surface area contributed by atoms with Crippen LogP contribution in [-0.4, -0.2) is 15.6 Å². The van der Waals surface area contributed by atoms with E-state index in [0.29, 0.717) is 16.4 Å². The summed E-state index contributed by atoms with van der Waals surface area (Å²) in [6, 6.07) is 9.19. The minimum Gasteiger partial charge on any atom is -0.478 e. The van der Waals surface area contributed by atoms with Gasteiger partial charge in [0.05, 0.1) is 5.56 Å². The third-order valence-electron chi connectivity index (χ3n) is 2.65. The smallest absolute Gasteiger partial charge is 0.337 e. The number of aromatic nitrogens is 1. The predicted molar refractivity (Wildman–Crippen MR) is 68.7 cm³/mol. The standard InChI is InChI=1S/C13H10ClNO3/c1-8-11(13(17)18)6-7-12(16)15(8)10-4-2-9(14)3-5-10/h2-7H,1H3,(H,17,18). The highest BCUT2D eigenvalue weighted by molar-refractivity contribution is 6.30. The van der Waals surface area contributed by atoms with E-state index in [1.54, 1.807) is 31.2 Å². The average molecular weight is 264 g/mol. The Morgan fingerprint density at radius 3 is 2.33 bits per heavy atom. The minimum absolute atomic E-state index is 0.101. The van der Waals surface area contributed by atoms with Crippen molar-refractivity contribution in [1.82, 2.24) is 4.57 Å². The third kappa shape index (κ3) is 2.15. The molecule has 0 aliphatic rings. The zero-order valence-corrected chi connectivity index (χ0v) is 10.3. The molecule has 0 aliphatic heterocycles. The molecule has 0 spiro atoms. The van der Waals surface area contributed by atoms with Crippen LogP contribution in [0.5, 0.6) is 0 Å². The summed E-state index contributed by atoms with van der Waals surface area (Å²) in [5.41, 5.74) is 0.798. The topological polar surface area (TPSA) is 59.3 Å². The molecule has 5 heteroatoms. The first-order valence-electron chi connectivity index (χ1n) is 5.22. The lowest BCUT2D eigenvalue weighted by molar-refractivity contribution is 0.0695. The van der Waals surface area contributed by atoms with E-state index in [9.17, 15) is 9.59 Å². The van der Waals surface area contributed by atoms with E-state index in [2.05, 4.69) is 0 Å². The van der Waals surface area contributed by atoms with E-state index in [0.717, 1.165) is 0 Å². The second-order valence-electron chi connectivity index (χ2n) is 3.79. The van der Waals surface area contributed by atoms with Crippen LogP contribution < -0.4 is 5.56 Å². The molecule has 0 fully saturated rings. The molecule has 0 bridgehead atoms. The molecule has 18 heavy (non-hydrogen) atoms. The normalized spacial score (nSPS) is 10.3. The Morgan fingerprint density at radius 2 is 1.78 bits per heavy atom. The van der Waals surface area contributed by atoms with E-state index < -0.39 is 5.97 Å². The first kappa shape index (κ1) is 12.4. The third-order valence-corrected chi connectivity index (χ3v) is 2.91. The van der Waals surface area contributed by atoms with Crippen molar-refractivity contribution in [2.75, 3.05) is 0 Å². The lowest BCUT2D eigenvalue weighted by Gasteiger charge is -2.11. The van der Waals surface area contributed by atoms with Crippen molar-refractivity contribution in [3.8, 4) is 5.69 Å². The van der Waals surface area contributed by atoms with Gasteiger partial charge < -0.3 is 5.11 Å². The van der Waals surface area contributed by atoms with E-state index >= 15 is 0 Å². The van der Waals surface area contributed by atoms with Gasteiger partial charge in [-0.15, -0.1) is 0 Å². The van der Waals surface area contributed by atoms with Gasteiger partial charge >= 0.3 is 5.97 Å². The van der Waals surface area contributed by atoms with Gasteiger partial charge in [0.25, 0.3) is 5.56 Å². The minimum atomic E-state index is -1.06. The number of carboxylic acid groups (broad SMARTS) is 1. The number of rotatable bonds is 2. The van der Waals surface area contributed by atoms with E-state index in [4.69, 9.17) is 16.7 Å². The van der Waals surface area contributed by atoms with Gasteiger partial charge in [0.15, 0.2) is 0 Å². The Morgan fingerprint density at radius 1 is 1.17 bits per heavy atom. The summed E-state index contributed by atoms with van der Waals surface area (Å²) in [6.07, 6.45) is 0. The summed E-state index contributed by atoms with van der Waals surface area (Å²) in [7, 11) is 0. The molecule has 0 amide bonds. The van der Waals surface area contributed by atoms with Crippen molar-refractivity contribution in [1.29, 1.82) is 0 Å². The van der Waals surface area contributed by atoms with Crippen LogP contribution in [0.3, 0.4) is 0 Å². The molecular weight excluding hydrogens is 254 g/mol. The Hall–Kier alpha value is -2.07. The molecule has 1 N–H and O–H groups in total. The molecule has 0 saturated heterocycles. The lowest BCUT2D eigenvalue weighted by atomic mass is 10.2. The Bertz CT molecular complexity index is 659. The number of nitrogens with zero attached hydrogens (tertiary/aromatic N) is 1. The molecular formula is C13H10ClNO3. The van der Waals surface area contributed by atoms with Crippen molar-refractivity contribution in [2.24, 2.45) is 0 Å². The maximum absolute atomic E-state index is 11.8. The summed E-state index contributed by atoms with van der Waals surface area (Å²) in [5.74, 6) is -1.06. The quantitative estimate of drug-likeness (QED) is 0.906.